The molecule has 3 N–H and O–H groups in total. The summed E-state index contributed by atoms with van der Waals surface area (Å²) in [7, 11) is 7.10. The Bertz CT molecular complexity index is 1270. The van der Waals surface area contributed by atoms with Crippen molar-refractivity contribution in [3.8, 4) is 17.4 Å². The molecule has 0 saturated carbocycles. The molecular formula is C26H35N7O4. The maximum atomic E-state index is 12.6. The van der Waals surface area contributed by atoms with Crippen molar-refractivity contribution in [2.75, 3.05) is 53.3 Å². The van der Waals surface area contributed by atoms with Crippen LogP contribution in [0.25, 0.3) is 11.0 Å². The normalized spacial score (nSPS) is 16.4. The number of amides is 1. The first-order valence-corrected chi connectivity index (χ1v) is 12.4. The molecule has 0 radical (unpaired) electrons. The summed E-state index contributed by atoms with van der Waals surface area (Å²) in [6.07, 6.45) is 6.06. The van der Waals surface area contributed by atoms with Crippen LogP contribution in [0, 0.1) is 0 Å². The summed E-state index contributed by atoms with van der Waals surface area (Å²) in [4.78, 5) is 32.7. The molecule has 1 amide bonds. The first-order valence-electron chi connectivity index (χ1n) is 12.4. The van der Waals surface area contributed by atoms with Crippen LogP contribution in [0.15, 0.2) is 23.5 Å². The largest absolute Gasteiger partial charge is 0.494 e. The van der Waals surface area contributed by atoms with E-state index in [2.05, 4.69) is 30.2 Å². The highest BCUT2D eigenvalue weighted by Gasteiger charge is 2.18. The first-order chi connectivity index (χ1) is 17.9. The fourth-order valence-electron chi connectivity index (χ4n) is 4.52. The number of aromatic nitrogens is 3. The fraction of sp³-hybridized carbons (Fsp3) is 0.462. The number of hydrogen-bond donors (Lipinski definition) is 3. The van der Waals surface area contributed by atoms with Crippen molar-refractivity contribution in [2.45, 2.75) is 32.2 Å². The van der Waals surface area contributed by atoms with E-state index >= 15 is 0 Å². The van der Waals surface area contributed by atoms with Gasteiger partial charge in [0.2, 0.25) is 5.91 Å². The van der Waals surface area contributed by atoms with E-state index in [-0.39, 0.29) is 11.8 Å². The molecule has 0 fully saturated rings. The van der Waals surface area contributed by atoms with E-state index in [9.17, 15) is 9.90 Å². The van der Waals surface area contributed by atoms with E-state index in [0.717, 1.165) is 31.4 Å². The zero-order valence-corrected chi connectivity index (χ0v) is 21.9. The predicted molar refractivity (Wildman–Crippen MR) is 143 cm³/mol. The van der Waals surface area contributed by atoms with Crippen LogP contribution >= 0.6 is 0 Å². The number of aromatic hydroxyl groups is 1. The molecule has 2 aromatic heterocycles. The lowest BCUT2D eigenvalue weighted by Gasteiger charge is -2.21. The summed E-state index contributed by atoms with van der Waals surface area (Å²) < 4.78 is 11.2. The van der Waals surface area contributed by atoms with Gasteiger partial charge in [0, 0.05) is 50.9 Å². The first kappa shape index (κ1) is 26.2. The van der Waals surface area contributed by atoms with Crippen molar-refractivity contribution in [1.29, 1.82) is 0 Å². The minimum Gasteiger partial charge on any atom is -0.494 e. The number of nitrogens with one attached hydrogen (secondary N) is 2. The molecular weight excluding hydrogens is 474 g/mol. The van der Waals surface area contributed by atoms with Gasteiger partial charge in [-0.25, -0.2) is 9.97 Å². The van der Waals surface area contributed by atoms with Crippen molar-refractivity contribution < 1.29 is 19.4 Å². The lowest BCUT2D eigenvalue weighted by molar-refractivity contribution is -0.130. The Morgan fingerprint density at radius 2 is 1.89 bits per heavy atom. The molecule has 1 aliphatic rings. The smallest absolute Gasteiger partial charge is 0.222 e. The standard InChI is InChI=1S/C26H35N7O4/c1-32-10-6-5-8-21(34)33(2)11-7-9-27-24-22-19(26(35)31-25(22)30-16-29-24)14-28-18-12-17(15-32)23(37-4)20(13-18)36-3/h12-14,16,35H,5-11,15H2,1-4H3,(H2,27,29,30,31). The number of hydrogen-bond acceptors (Lipinski definition) is 9. The molecule has 2 bridgehead atoms. The van der Waals surface area contributed by atoms with Gasteiger partial charge in [0.25, 0.3) is 0 Å². The number of rotatable bonds is 2. The SMILES string of the molecule is COc1cc2cc(c1OC)CN(C)CCCCC(=O)N(C)CCCNc1ncnc3[nH]c(O)c(c13)C=N2. The van der Waals surface area contributed by atoms with Gasteiger partial charge in [0.1, 0.15) is 17.8 Å². The highest BCUT2D eigenvalue weighted by Crippen LogP contribution is 2.37. The molecule has 37 heavy (non-hydrogen) atoms. The van der Waals surface area contributed by atoms with Crippen molar-refractivity contribution in [3.05, 3.63) is 29.6 Å². The molecule has 1 aromatic carbocycles. The van der Waals surface area contributed by atoms with Crippen molar-refractivity contribution in [2.24, 2.45) is 4.99 Å². The topological polar surface area (TPSA) is 128 Å². The van der Waals surface area contributed by atoms with Crippen LogP contribution in [-0.2, 0) is 11.3 Å². The number of anilines is 1. The second kappa shape index (κ2) is 11.9. The van der Waals surface area contributed by atoms with E-state index in [1.165, 1.54) is 6.33 Å². The van der Waals surface area contributed by atoms with Gasteiger partial charge < -0.3 is 34.7 Å². The van der Waals surface area contributed by atoms with Gasteiger partial charge in [-0.15, -0.1) is 0 Å². The maximum absolute atomic E-state index is 12.6. The molecule has 11 nitrogen and oxygen atoms in total. The number of carbonyl (C=O) groups is 1. The Morgan fingerprint density at radius 1 is 1.05 bits per heavy atom. The third-order valence-electron chi connectivity index (χ3n) is 6.50. The lowest BCUT2D eigenvalue weighted by atomic mass is 10.1. The Kier molecular flexibility index (Phi) is 8.44. The summed E-state index contributed by atoms with van der Waals surface area (Å²) in [5, 5.41) is 14.6. The van der Waals surface area contributed by atoms with Crippen LogP contribution in [-0.4, -0.2) is 89.9 Å². The van der Waals surface area contributed by atoms with Crippen LogP contribution in [0.3, 0.4) is 0 Å². The number of carbonyl (C=O) groups excluding carboxylic acids is 1. The molecule has 0 unspecified atom stereocenters. The van der Waals surface area contributed by atoms with Gasteiger partial charge in [-0.1, -0.05) is 0 Å². The Hall–Kier alpha value is -3.86. The molecule has 0 spiro atoms. The Balaban J connectivity index is 1.74. The maximum Gasteiger partial charge on any atom is 0.222 e. The third-order valence-corrected chi connectivity index (χ3v) is 6.50. The Morgan fingerprint density at radius 3 is 2.68 bits per heavy atom. The third kappa shape index (κ3) is 6.11. The van der Waals surface area contributed by atoms with E-state index in [4.69, 9.17) is 9.47 Å². The molecule has 3 aromatic rings. The summed E-state index contributed by atoms with van der Waals surface area (Å²) in [5.74, 6) is 1.91. The van der Waals surface area contributed by atoms with Crippen LogP contribution in [0.2, 0.25) is 0 Å². The predicted octanol–water partition coefficient (Wildman–Crippen LogP) is 3.31. The van der Waals surface area contributed by atoms with Crippen molar-refractivity contribution in [3.63, 3.8) is 0 Å². The number of H-pyrrole nitrogens is 1. The average Bonchev–Trinajstić information content (AvgIpc) is 3.22. The van der Waals surface area contributed by atoms with Crippen LogP contribution < -0.4 is 14.8 Å². The molecule has 0 saturated heterocycles. The molecule has 0 atom stereocenters. The number of aromatic amines is 1. The summed E-state index contributed by atoms with van der Waals surface area (Å²) in [5.41, 5.74) is 2.56. The van der Waals surface area contributed by atoms with Gasteiger partial charge in [-0.3, -0.25) is 9.79 Å². The Labute approximate surface area is 216 Å². The van der Waals surface area contributed by atoms with Gasteiger partial charge in [-0.2, -0.15) is 0 Å². The van der Waals surface area contributed by atoms with Crippen LogP contribution in [0.4, 0.5) is 11.5 Å². The lowest BCUT2D eigenvalue weighted by Crippen LogP contribution is -2.29. The minimum atomic E-state index is -0.0461. The summed E-state index contributed by atoms with van der Waals surface area (Å²) in [6, 6.07) is 3.75. The number of fused-ring (bicyclic) bond motifs is 2. The molecule has 3 heterocycles. The van der Waals surface area contributed by atoms with E-state index in [1.54, 1.807) is 31.4 Å². The second-order valence-corrected chi connectivity index (χ2v) is 9.22. The van der Waals surface area contributed by atoms with Gasteiger partial charge in [-0.05, 0) is 38.9 Å². The molecule has 11 heteroatoms. The van der Waals surface area contributed by atoms with Gasteiger partial charge in [0.05, 0.1) is 30.9 Å². The average molecular weight is 510 g/mol. The highest BCUT2D eigenvalue weighted by molar-refractivity contribution is 6.06. The van der Waals surface area contributed by atoms with E-state index in [0.29, 0.717) is 65.7 Å². The van der Waals surface area contributed by atoms with Crippen molar-refractivity contribution >= 4 is 34.7 Å². The second-order valence-electron chi connectivity index (χ2n) is 9.22. The summed E-state index contributed by atoms with van der Waals surface area (Å²) in [6.45, 7) is 2.71. The van der Waals surface area contributed by atoms with E-state index < -0.39 is 0 Å². The highest BCUT2D eigenvalue weighted by atomic mass is 16.5. The number of ether oxygens (including phenoxy) is 2. The number of methoxy groups -OCH3 is 2. The van der Waals surface area contributed by atoms with Gasteiger partial charge >= 0.3 is 0 Å². The van der Waals surface area contributed by atoms with Crippen LogP contribution in [0.5, 0.6) is 17.4 Å². The van der Waals surface area contributed by atoms with E-state index in [1.807, 2.05) is 20.2 Å². The molecule has 4 rings (SSSR count). The minimum absolute atomic E-state index is 0.0461. The zero-order chi connectivity index (χ0) is 26.4. The van der Waals surface area contributed by atoms with Gasteiger partial charge in [0.15, 0.2) is 17.4 Å². The summed E-state index contributed by atoms with van der Waals surface area (Å²) >= 11 is 0. The quantitative estimate of drug-likeness (QED) is 0.480. The fourth-order valence-corrected chi connectivity index (χ4v) is 4.52. The molecule has 198 valence electrons. The van der Waals surface area contributed by atoms with Crippen LogP contribution in [0.1, 0.15) is 36.8 Å². The number of aliphatic imine (C=N–C) groups is 1. The number of nitrogens with zero attached hydrogens (tertiary/aromatic N) is 5. The van der Waals surface area contributed by atoms with Crippen molar-refractivity contribution in [1.82, 2.24) is 24.8 Å². The molecule has 0 aliphatic carbocycles. The molecule has 1 aliphatic heterocycles. The monoisotopic (exact) mass is 509 g/mol. The number of benzene rings is 1. The zero-order valence-electron chi connectivity index (χ0n) is 21.9.